The molecule has 0 bridgehead atoms. The van der Waals surface area contributed by atoms with E-state index in [-0.39, 0.29) is 5.91 Å². The van der Waals surface area contributed by atoms with Crippen LogP contribution < -0.4 is 5.32 Å². The van der Waals surface area contributed by atoms with Gasteiger partial charge in [-0.2, -0.15) is 4.37 Å². The molecule has 1 amide bonds. The van der Waals surface area contributed by atoms with Gasteiger partial charge in [-0.3, -0.25) is 4.79 Å². The maximum atomic E-state index is 11.7. The topological polar surface area (TPSA) is 54.9 Å². The normalized spacial score (nSPS) is 10.3. The van der Waals surface area contributed by atoms with E-state index in [9.17, 15) is 4.79 Å². The highest BCUT2D eigenvalue weighted by molar-refractivity contribution is 7.07. The van der Waals surface area contributed by atoms with Gasteiger partial charge in [0.15, 0.2) is 0 Å². The Morgan fingerprint density at radius 3 is 2.72 bits per heavy atom. The van der Waals surface area contributed by atoms with Crippen molar-refractivity contribution in [2.24, 2.45) is 0 Å². The Balaban J connectivity index is 1.82. The highest BCUT2D eigenvalue weighted by atomic mass is 35.5. The van der Waals surface area contributed by atoms with Crippen molar-refractivity contribution in [2.45, 2.75) is 13.3 Å². The highest BCUT2D eigenvalue weighted by Gasteiger charge is 2.09. The zero-order valence-electron chi connectivity index (χ0n) is 9.81. The number of aryl methyl sites for hydroxylation is 1. The van der Waals surface area contributed by atoms with E-state index in [1.165, 1.54) is 0 Å². The molecule has 0 aliphatic heterocycles. The van der Waals surface area contributed by atoms with Crippen molar-refractivity contribution in [1.29, 1.82) is 0 Å². The van der Waals surface area contributed by atoms with Crippen LogP contribution in [0.4, 0.5) is 0 Å². The SMILES string of the molecule is Cc1nsc(C(=O)NCCc2ccc(Cl)cc2)n1. The van der Waals surface area contributed by atoms with E-state index < -0.39 is 0 Å². The maximum absolute atomic E-state index is 11.7. The van der Waals surface area contributed by atoms with E-state index in [0.717, 1.165) is 23.5 Å². The zero-order valence-corrected chi connectivity index (χ0v) is 11.4. The summed E-state index contributed by atoms with van der Waals surface area (Å²) in [5, 5.41) is 3.93. The lowest BCUT2D eigenvalue weighted by molar-refractivity contribution is 0.0953. The van der Waals surface area contributed by atoms with Gasteiger partial charge in [0.05, 0.1) is 0 Å². The van der Waals surface area contributed by atoms with Gasteiger partial charge in [-0.1, -0.05) is 23.7 Å². The first-order valence-corrected chi connectivity index (χ1v) is 6.63. The lowest BCUT2D eigenvalue weighted by Gasteiger charge is -2.03. The van der Waals surface area contributed by atoms with Gasteiger partial charge in [0.25, 0.3) is 5.91 Å². The number of carbonyl (C=O) groups excluding carboxylic acids is 1. The molecule has 1 N–H and O–H groups in total. The molecule has 0 saturated heterocycles. The second-order valence-electron chi connectivity index (χ2n) is 3.78. The van der Waals surface area contributed by atoms with Gasteiger partial charge in [-0.15, -0.1) is 0 Å². The van der Waals surface area contributed by atoms with E-state index >= 15 is 0 Å². The Morgan fingerprint density at radius 2 is 2.11 bits per heavy atom. The average molecular weight is 282 g/mol. The fourth-order valence-electron chi connectivity index (χ4n) is 1.44. The lowest BCUT2D eigenvalue weighted by Crippen LogP contribution is -2.25. The van der Waals surface area contributed by atoms with Crippen LogP contribution >= 0.6 is 23.1 Å². The first-order valence-electron chi connectivity index (χ1n) is 5.48. The molecule has 1 aromatic heterocycles. The number of hydrogen-bond acceptors (Lipinski definition) is 4. The molecular formula is C12H12ClN3OS. The number of halogens is 1. The summed E-state index contributed by atoms with van der Waals surface area (Å²) in [6.45, 7) is 2.33. The molecule has 0 aliphatic carbocycles. The minimum Gasteiger partial charge on any atom is -0.350 e. The third-order valence-corrected chi connectivity index (χ3v) is 3.39. The zero-order chi connectivity index (χ0) is 13.0. The van der Waals surface area contributed by atoms with Gasteiger partial charge in [0.1, 0.15) is 5.82 Å². The fraction of sp³-hybridized carbons (Fsp3) is 0.250. The van der Waals surface area contributed by atoms with Crippen molar-refractivity contribution in [3.8, 4) is 0 Å². The molecule has 94 valence electrons. The third kappa shape index (κ3) is 3.51. The Bertz CT molecular complexity index is 539. The minimum atomic E-state index is -0.172. The molecular weight excluding hydrogens is 270 g/mol. The summed E-state index contributed by atoms with van der Waals surface area (Å²) >= 11 is 6.91. The number of carbonyl (C=O) groups is 1. The quantitative estimate of drug-likeness (QED) is 0.937. The van der Waals surface area contributed by atoms with Crippen LogP contribution in [0.25, 0.3) is 0 Å². The molecule has 0 atom stereocenters. The van der Waals surface area contributed by atoms with Crippen LogP contribution in [0, 0.1) is 6.92 Å². The molecule has 1 heterocycles. The smallest absolute Gasteiger partial charge is 0.281 e. The van der Waals surface area contributed by atoms with Crippen molar-refractivity contribution in [3.05, 3.63) is 45.7 Å². The molecule has 2 aromatic rings. The number of amides is 1. The van der Waals surface area contributed by atoms with Crippen LogP contribution in [0.3, 0.4) is 0 Å². The summed E-state index contributed by atoms with van der Waals surface area (Å²) in [7, 11) is 0. The molecule has 0 unspecified atom stereocenters. The molecule has 0 aliphatic rings. The molecule has 0 radical (unpaired) electrons. The van der Waals surface area contributed by atoms with Crippen LogP contribution in [0.5, 0.6) is 0 Å². The number of hydrogen-bond donors (Lipinski definition) is 1. The Kier molecular flexibility index (Phi) is 4.28. The first kappa shape index (κ1) is 13.0. The van der Waals surface area contributed by atoms with Gasteiger partial charge in [-0.05, 0) is 42.6 Å². The van der Waals surface area contributed by atoms with E-state index in [1.54, 1.807) is 6.92 Å². The summed E-state index contributed by atoms with van der Waals surface area (Å²) in [6.07, 6.45) is 0.765. The fourth-order valence-corrected chi connectivity index (χ4v) is 2.15. The standard InChI is InChI=1S/C12H12ClN3OS/c1-8-15-12(18-16-8)11(17)14-7-6-9-2-4-10(13)5-3-9/h2-5H,6-7H2,1H3,(H,14,17). The van der Waals surface area contributed by atoms with Crippen LogP contribution in [0.1, 0.15) is 21.2 Å². The molecule has 0 saturated carbocycles. The number of nitrogens with zero attached hydrogens (tertiary/aromatic N) is 2. The van der Waals surface area contributed by atoms with Gasteiger partial charge in [0, 0.05) is 11.6 Å². The van der Waals surface area contributed by atoms with Crippen LogP contribution in [0.2, 0.25) is 5.02 Å². The second-order valence-corrected chi connectivity index (χ2v) is 4.97. The van der Waals surface area contributed by atoms with Crippen molar-refractivity contribution in [1.82, 2.24) is 14.7 Å². The predicted molar refractivity (Wildman–Crippen MR) is 72.1 cm³/mol. The molecule has 1 aromatic carbocycles. The van der Waals surface area contributed by atoms with Crippen molar-refractivity contribution < 1.29 is 4.79 Å². The molecule has 0 fully saturated rings. The van der Waals surface area contributed by atoms with Crippen LogP contribution in [-0.4, -0.2) is 21.8 Å². The summed E-state index contributed by atoms with van der Waals surface area (Å²) in [5.74, 6) is 0.456. The van der Waals surface area contributed by atoms with Gasteiger partial charge in [0.2, 0.25) is 5.01 Å². The Morgan fingerprint density at radius 1 is 1.39 bits per heavy atom. The molecule has 4 nitrogen and oxygen atoms in total. The van der Waals surface area contributed by atoms with Crippen LogP contribution in [0.15, 0.2) is 24.3 Å². The average Bonchev–Trinajstić information content (AvgIpc) is 2.78. The van der Waals surface area contributed by atoms with Crippen molar-refractivity contribution >= 4 is 29.0 Å². The van der Waals surface area contributed by atoms with E-state index in [1.807, 2.05) is 24.3 Å². The number of benzene rings is 1. The Labute approximate surface area is 114 Å². The molecule has 2 rings (SSSR count). The largest absolute Gasteiger partial charge is 0.350 e. The number of rotatable bonds is 4. The van der Waals surface area contributed by atoms with Gasteiger partial charge >= 0.3 is 0 Å². The second kappa shape index (κ2) is 5.93. The molecule has 6 heteroatoms. The maximum Gasteiger partial charge on any atom is 0.281 e. The van der Waals surface area contributed by atoms with Crippen molar-refractivity contribution in [3.63, 3.8) is 0 Å². The van der Waals surface area contributed by atoms with E-state index in [4.69, 9.17) is 11.6 Å². The molecule has 18 heavy (non-hydrogen) atoms. The molecule has 0 spiro atoms. The summed E-state index contributed by atoms with van der Waals surface area (Å²) < 4.78 is 3.97. The van der Waals surface area contributed by atoms with E-state index in [2.05, 4.69) is 14.7 Å². The van der Waals surface area contributed by atoms with Crippen molar-refractivity contribution in [2.75, 3.05) is 6.54 Å². The van der Waals surface area contributed by atoms with Gasteiger partial charge < -0.3 is 5.32 Å². The van der Waals surface area contributed by atoms with Gasteiger partial charge in [-0.25, -0.2) is 4.98 Å². The predicted octanol–water partition coefficient (Wildman–Crippen LogP) is 2.47. The summed E-state index contributed by atoms with van der Waals surface area (Å²) in [4.78, 5) is 15.7. The van der Waals surface area contributed by atoms with Crippen LogP contribution in [-0.2, 0) is 6.42 Å². The monoisotopic (exact) mass is 281 g/mol. The summed E-state index contributed by atoms with van der Waals surface area (Å²) in [6, 6.07) is 7.58. The number of aromatic nitrogens is 2. The highest BCUT2D eigenvalue weighted by Crippen LogP contribution is 2.09. The number of nitrogens with one attached hydrogen (secondary N) is 1. The summed E-state index contributed by atoms with van der Waals surface area (Å²) in [5.41, 5.74) is 1.13. The lowest BCUT2D eigenvalue weighted by atomic mass is 10.1. The first-order chi connectivity index (χ1) is 8.65. The minimum absolute atomic E-state index is 0.172. The van der Waals surface area contributed by atoms with E-state index in [0.29, 0.717) is 22.4 Å². The Hall–Kier alpha value is -1.46. The third-order valence-electron chi connectivity index (χ3n) is 2.33.